The Morgan fingerprint density at radius 2 is 1.94 bits per heavy atom. The van der Waals surface area contributed by atoms with E-state index < -0.39 is 25.1 Å². The van der Waals surface area contributed by atoms with Gasteiger partial charge in [0.2, 0.25) is 0 Å². The molecule has 1 aliphatic carbocycles. The van der Waals surface area contributed by atoms with Crippen LogP contribution in [0.15, 0.2) is 24.3 Å². The molecule has 0 heterocycles. The quantitative estimate of drug-likeness (QED) is 0.671. The van der Waals surface area contributed by atoms with E-state index in [0.29, 0.717) is 11.1 Å². The lowest BCUT2D eigenvalue weighted by Gasteiger charge is -2.17. The Morgan fingerprint density at radius 3 is 2.50 bits per heavy atom. The number of carboxylic acid groups (broad SMARTS) is 1. The van der Waals surface area contributed by atoms with Crippen molar-refractivity contribution in [3.63, 3.8) is 0 Å². The van der Waals surface area contributed by atoms with Crippen LogP contribution >= 0.6 is 7.60 Å². The standard InChI is InChI=1S/C10H11O5P/c11-10(12)9-7-4-2-1-3-6(7)5-8(9)16(13,14)15/h1-4,8-9H,5H2,(H,11,12)(H2,13,14,15)/t8-,9+/m0/s1. The molecule has 86 valence electrons. The lowest BCUT2D eigenvalue weighted by Crippen LogP contribution is -2.22. The van der Waals surface area contributed by atoms with Gasteiger partial charge in [0.25, 0.3) is 0 Å². The van der Waals surface area contributed by atoms with Gasteiger partial charge in [-0.15, -0.1) is 0 Å². The van der Waals surface area contributed by atoms with Gasteiger partial charge in [-0.05, 0) is 17.5 Å². The molecule has 1 aromatic carbocycles. The molecular weight excluding hydrogens is 231 g/mol. The zero-order valence-corrected chi connectivity index (χ0v) is 9.17. The van der Waals surface area contributed by atoms with Gasteiger partial charge in [-0.25, -0.2) is 0 Å². The Morgan fingerprint density at radius 1 is 1.31 bits per heavy atom. The van der Waals surface area contributed by atoms with Crippen LogP contribution in [0.2, 0.25) is 0 Å². The van der Waals surface area contributed by atoms with Crippen molar-refractivity contribution >= 4 is 13.6 Å². The molecule has 0 fully saturated rings. The van der Waals surface area contributed by atoms with Crippen LogP contribution in [0.25, 0.3) is 0 Å². The maximum atomic E-state index is 11.2. The van der Waals surface area contributed by atoms with E-state index in [-0.39, 0.29) is 6.42 Å². The van der Waals surface area contributed by atoms with Crippen LogP contribution in [0, 0.1) is 0 Å². The van der Waals surface area contributed by atoms with E-state index in [1.165, 1.54) is 0 Å². The summed E-state index contributed by atoms with van der Waals surface area (Å²) in [5.41, 5.74) is 0.0916. The van der Waals surface area contributed by atoms with Gasteiger partial charge < -0.3 is 14.9 Å². The second kappa shape index (κ2) is 3.70. The van der Waals surface area contributed by atoms with Gasteiger partial charge >= 0.3 is 13.6 Å². The van der Waals surface area contributed by atoms with Crippen LogP contribution in [0.4, 0.5) is 0 Å². The summed E-state index contributed by atoms with van der Waals surface area (Å²) in [6.45, 7) is 0. The average Bonchev–Trinajstić information content (AvgIpc) is 2.55. The topological polar surface area (TPSA) is 94.8 Å². The van der Waals surface area contributed by atoms with Crippen LogP contribution in [-0.2, 0) is 15.8 Å². The second-order valence-electron chi connectivity index (χ2n) is 3.88. The first-order valence-corrected chi connectivity index (χ1v) is 6.45. The maximum absolute atomic E-state index is 11.2. The molecule has 0 aromatic heterocycles. The molecular formula is C10H11O5P. The SMILES string of the molecule is O=C(O)[C@@H]1c2ccccc2C[C@@H]1P(=O)(O)O. The molecule has 2 rings (SSSR count). The number of hydrogen-bond acceptors (Lipinski definition) is 2. The molecule has 1 aromatic rings. The van der Waals surface area contributed by atoms with Crippen molar-refractivity contribution in [1.29, 1.82) is 0 Å². The van der Waals surface area contributed by atoms with E-state index in [4.69, 9.17) is 14.9 Å². The van der Waals surface area contributed by atoms with E-state index in [1.807, 2.05) is 0 Å². The van der Waals surface area contributed by atoms with Gasteiger partial charge in [-0.2, -0.15) is 0 Å². The normalized spacial score (nSPS) is 24.1. The third-order valence-electron chi connectivity index (χ3n) is 2.90. The smallest absolute Gasteiger partial charge is 0.330 e. The number of fused-ring (bicyclic) bond motifs is 1. The van der Waals surface area contributed by atoms with Crippen molar-refractivity contribution < 1.29 is 24.3 Å². The first-order chi connectivity index (χ1) is 7.41. The Bertz CT molecular complexity index is 478. The molecule has 0 saturated heterocycles. The van der Waals surface area contributed by atoms with Crippen LogP contribution < -0.4 is 0 Å². The van der Waals surface area contributed by atoms with Crippen molar-refractivity contribution in [3.8, 4) is 0 Å². The van der Waals surface area contributed by atoms with Crippen LogP contribution in [0.1, 0.15) is 17.0 Å². The number of benzene rings is 1. The molecule has 16 heavy (non-hydrogen) atoms. The minimum absolute atomic E-state index is 0.122. The van der Waals surface area contributed by atoms with Crippen molar-refractivity contribution in [2.75, 3.05) is 0 Å². The molecule has 0 unspecified atom stereocenters. The highest BCUT2D eigenvalue weighted by Crippen LogP contribution is 2.53. The predicted octanol–water partition coefficient (Wildman–Crippen LogP) is 0.957. The molecule has 0 amide bonds. The molecule has 2 atom stereocenters. The van der Waals surface area contributed by atoms with Gasteiger partial charge in [-0.3, -0.25) is 9.36 Å². The van der Waals surface area contributed by atoms with Crippen molar-refractivity contribution in [1.82, 2.24) is 0 Å². The lowest BCUT2D eigenvalue weighted by molar-refractivity contribution is -0.138. The van der Waals surface area contributed by atoms with Crippen LogP contribution in [0.5, 0.6) is 0 Å². The highest BCUT2D eigenvalue weighted by atomic mass is 31.2. The highest BCUT2D eigenvalue weighted by molar-refractivity contribution is 7.52. The summed E-state index contributed by atoms with van der Waals surface area (Å²) in [4.78, 5) is 29.4. The van der Waals surface area contributed by atoms with Crippen molar-refractivity contribution in [2.45, 2.75) is 18.0 Å². The third-order valence-corrected chi connectivity index (χ3v) is 4.25. The molecule has 3 N–H and O–H groups in total. The summed E-state index contributed by atoms with van der Waals surface area (Å²) in [5, 5.41) is 9.05. The molecule has 0 radical (unpaired) electrons. The summed E-state index contributed by atoms with van der Waals surface area (Å²) >= 11 is 0. The summed E-state index contributed by atoms with van der Waals surface area (Å²) in [6.07, 6.45) is 0.122. The van der Waals surface area contributed by atoms with Crippen LogP contribution in [0.3, 0.4) is 0 Å². The van der Waals surface area contributed by atoms with Crippen molar-refractivity contribution in [3.05, 3.63) is 35.4 Å². The zero-order chi connectivity index (χ0) is 11.9. The number of carbonyl (C=O) groups is 1. The lowest BCUT2D eigenvalue weighted by atomic mass is 10.0. The van der Waals surface area contributed by atoms with Gasteiger partial charge in [0.15, 0.2) is 0 Å². The molecule has 5 nitrogen and oxygen atoms in total. The van der Waals surface area contributed by atoms with E-state index in [0.717, 1.165) is 0 Å². The van der Waals surface area contributed by atoms with Crippen LogP contribution in [-0.4, -0.2) is 26.5 Å². The second-order valence-corrected chi connectivity index (χ2v) is 5.72. The third kappa shape index (κ3) is 1.78. The van der Waals surface area contributed by atoms with Gasteiger partial charge in [-0.1, -0.05) is 24.3 Å². The minimum Gasteiger partial charge on any atom is -0.481 e. The highest BCUT2D eigenvalue weighted by Gasteiger charge is 2.46. The summed E-state index contributed by atoms with van der Waals surface area (Å²) < 4.78 is 11.2. The fourth-order valence-corrected chi connectivity index (χ4v) is 3.30. The predicted molar refractivity (Wildman–Crippen MR) is 56.4 cm³/mol. The molecule has 0 saturated carbocycles. The summed E-state index contributed by atoms with van der Waals surface area (Å²) in [6, 6.07) is 6.74. The fraction of sp³-hybridized carbons (Fsp3) is 0.300. The monoisotopic (exact) mass is 242 g/mol. The number of aliphatic carboxylic acids is 1. The maximum Gasteiger partial charge on any atom is 0.330 e. The van der Waals surface area contributed by atoms with Gasteiger partial charge in [0.1, 0.15) is 0 Å². The van der Waals surface area contributed by atoms with E-state index in [9.17, 15) is 9.36 Å². The summed E-state index contributed by atoms with van der Waals surface area (Å²) in [5.74, 6) is -2.28. The van der Waals surface area contributed by atoms with Gasteiger partial charge in [0, 0.05) is 0 Å². The Labute approximate surface area is 91.9 Å². The molecule has 0 bridgehead atoms. The van der Waals surface area contributed by atoms with E-state index in [1.54, 1.807) is 24.3 Å². The molecule has 1 aliphatic rings. The van der Waals surface area contributed by atoms with E-state index >= 15 is 0 Å². The molecule has 6 heteroatoms. The van der Waals surface area contributed by atoms with Crippen molar-refractivity contribution in [2.24, 2.45) is 0 Å². The number of carboxylic acids is 1. The Balaban J connectivity index is 2.50. The van der Waals surface area contributed by atoms with Gasteiger partial charge in [0.05, 0.1) is 11.6 Å². The first kappa shape index (κ1) is 11.3. The van der Waals surface area contributed by atoms with E-state index in [2.05, 4.69) is 0 Å². The average molecular weight is 242 g/mol. The molecule has 0 spiro atoms. The molecule has 0 aliphatic heterocycles. The Hall–Kier alpha value is -1.16. The summed E-state index contributed by atoms with van der Waals surface area (Å²) in [7, 11) is -4.39. The largest absolute Gasteiger partial charge is 0.481 e. The Kier molecular flexibility index (Phi) is 2.62. The number of rotatable bonds is 2. The minimum atomic E-state index is -4.39. The zero-order valence-electron chi connectivity index (χ0n) is 8.28. The number of hydrogen-bond donors (Lipinski definition) is 3. The first-order valence-electron chi connectivity index (χ1n) is 4.77. The fourth-order valence-electron chi connectivity index (χ4n) is 2.18.